The smallest absolute Gasteiger partial charge is 0.276 e. The standard InChI is InChI=1S/C22H26N2O3/c25-21(23-24-22(26)18-11-5-2-6-12-18)16-27-20-14-8-7-13-19(20)15-17-9-3-1-4-10-17/h1,3-4,7-10,13-14,18H,2,5-6,11-12,15-16H2,(H,23,25)(H,24,26). The Morgan fingerprint density at radius 2 is 1.59 bits per heavy atom. The minimum atomic E-state index is -0.367. The molecule has 0 aromatic heterocycles. The lowest BCUT2D eigenvalue weighted by Crippen LogP contribution is -2.46. The maximum atomic E-state index is 12.1. The molecule has 142 valence electrons. The number of para-hydroxylation sites is 1. The molecule has 0 radical (unpaired) electrons. The molecule has 2 N–H and O–H groups in total. The third kappa shape index (κ3) is 5.84. The van der Waals surface area contributed by atoms with Gasteiger partial charge in [0.1, 0.15) is 5.75 Å². The van der Waals surface area contributed by atoms with Gasteiger partial charge in [-0.25, -0.2) is 0 Å². The zero-order valence-electron chi connectivity index (χ0n) is 15.4. The summed E-state index contributed by atoms with van der Waals surface area (Å²) < 4.78 is 5.69. The first-order chi connectivity index (χ1) is 13.2. The lowest BCUT2D eigenvalue weighted by Gasteiger charge is -2.20. The van der Waals surface area contributed by atoms with Crippen molar-refractivity contribution in [2.24, 2.45) is 5.92 Å². The summed E-state index contributed by atoms with van der Waals surface area (Å²) in [7, 11) is 0. The van der Waals surface area contributed by atoms with Crippen molar-refractivity contribution in [3.05, 3.63) is 65.7 Å². The molecule has 27 heavy (non-hydrogen) atoms. The number of hydrogen-bond acceptors (Lipinski definition) is 3. The first-order valence-electron chi connectivity index (χ1n) is 9.55. The van der Waals surface area contributed by atoms with E-state index in [2.05, 4.69) is 23.0 Å². The Balaban J connectivity index is 1.48. The second kappa shape index (κ2) is 9.76. The normalized spacial score (nSPS) is 14.4. The van der Waals surface area contributed by atoms with Gasteiger partial charge in [-0.3, -0.25) is 20.4 Å². The summed E-state index contributed by atoms with van der Waals surface area (Å²) in [6.07, 6.45) is 5.86. The third-order valence-corrected chi connectivity index (χ3v) is 4.87. The van der Waals surface area contributed by atoms with E-state index in [0.717, 1.165) is 37.7 Å². The molecule has 5 heteroatoms. The number of benzene rings is 2. The van der Waals surface area contributed by atoms with Crippen LogP contribution in [-0.4, -0.2) is 18.4 Å². The van der Waals surface area contributed by atoms with Crippen LogP contribution >= 0.6 is 0 Å². The third-order valence-electron chi connectivity index (χ3n) is 4.87. The zero-order valence-corrected chi connectivity index (χ0v) is 15.4. The summed E-state index contributed by atoms with van der Waals surface area (Å²) in [6, 6.07) is 17.8. The molecule has 2 aromatic carbocycles. The van der Waals surface area contributed by atoms with Crippen molar-refractivity contribution < 1.29 is 14.3 Å². The van der Waals surface area contributed by atoms with Crippen LogP contribution in [-0.2, 0) is 16.0 Å². The molecular formula is C22H26N2O3. The van der Waals surface area contributed by atoms with Crippen molar-refractivity contribution in [1.82, 2.24) is 10.9 Å². The number of hydrazine groups is 1. The van der Waals surface area contributed by atoms with E-state index >= 15 is 0 Å². The highest BCUT2D eigenvalue weighted by Gasteiger charge is 2.21. The fraction of sp³-hybridized carbons (Fsp3) is 0.364. The fourth-order valence-corrected chi connectivity index (χ4v) is 3.38. The molecule has 1 aliphatic carbocycles. The Morgan fingerprint density at radius 1 is 0.889 bits per heavy atom. The van der Waals surface area contributed by atoms with E-state index in [-0.39, 0.29) is 24.3 Å². The summed E-state index contributed by atoms with van der Waals surface area (Å²) in [5, 5.41) is 0. The quantitative estimate of drug-likeness (QED) is 0.770. The van der Waals surface area contributed by atoms with Crippen molar-refractivity contribution in [3.8, 4) is 5.75 Å². The van der Waals surface area contributed by atoms with Gasteiger partial charge in [-0.2, -0.15) is 0 Å². The van der Waals surface area contributed by atoms with E-state index in [1.807, 2.05) is 42.5 Å². The Hall–Kier alpha value is -2.82. The highest BCUT2D eigenvalue weighted by atomic mass is 16.5. The van der Waals surface area contributed by atoms with Crippen LogP contribution in [0.4, 0.5) is 0 Å². The molecule has 2 amide bonds. The molecule has 2 aromatic rings. The number of hydrogen-bond donors (Lipinski definition) is 2. The summed E-state index contributed by atoms with van der Waals surface area (Å²) in [6.45, 7) is -0.142. The fourth-order valence-electron chi connectivity index (χ4n) is 3.38. The van der Waals surface area contributed by atoms with Crippen molar-refractivity contribution in [3.63, 3.8) is 0 Å². The van der Waals surface area contributed by atoms with E-state index < -0.39 is 0 Å². The molecule has 1 saturated carbocycles. The van der Waals surface area contributed by atoms with Crippen LogP contribution in [0.1, 0.15) is 43.2 Å². The van der Waals surface area contributed by atoms with Crippen LogP contribution in [0.25, 0.3) is 0 Å². The van der Waals surface area contributed by atoms with E-state index in [0.29, 0.717) is 5.75 Å². The molecule has 1 fully saturated rings. The molecule has 0 atom stereocenters. The van der Waals surface area contributed by atoms with Crippen molar-refractivity contribution in [2.75, 3.05) is 6.61 Å². The lowest BCUT2D eigenvalue weighted by atomic mass is 9.89. The lowest BCUT2D eigenvalue weighted by molar-refractivity contribution is -0.132. The maximum Gasteiger partial charge on any atom is 0.276 e. The monoisotopic (exact) mass is 366 g/mol. The number of ether oxygens (including phenoxy) is 1. The second-order valence-electron chi connectivity index (χ2n) is 6.93. The number of rotatable bonds is 6. The van der Waals surface area contributed by atoms with E-state index in [9.17, 15) is 9.59 Å². The van der Waals surface area contributed by atoms with Crippen LogP contribution in [0.2, 0.25) is 0 Å². The largest absolute Gasteiger partial charge is 0.483 e. The van der Waals surface area contributed by atoms with Crippen molar-refractivity contribution in [1.29, 1.82) is 0 Å². The second-order valence-corrected chi connectivity index (χ2v) is 6.93. The molecule has 0 spiro atoms. The Kier molecular flexibility index (Phi) is 6.85. The predicted molar refractivity (Wildman–Crippen MR) is 104 cm³/mol. The Bertz CT molecular complexity index is 755. The molecule has 5 nitrogen and oxygen atoms in total. The van der Waals surface area contributed by atoms with Crippen LogP contribution < -0.4 is 15.6 Å². The topological polar surface area (TPSA) is 67.4 Å². The van der Waals surface area contributed by atoms with Gasteiger partial charge in [0.05, 0.1) is 0 Å². The van der Waals surface area contributed by atoms with E-state index in [1.165, 1.54) is 12.0 Å². The minimum Gasteiger partial charge on any atom is -0.483 e. The Labute approximate surface area is 160 Å². The summed E-state index contributed by atoms with van der Waals surface area (Å²) in [4.78, 5) is 24.1. The first-order valence-corrected chi connectivity index (χ1v) is 9.55. The molecule has 0 aliphatic heterocycles. The number of carbonyl (C=O) groups excluding carboxylic acids is 2. The van der Waals surface area contributed by atoms with Crippen molar-refractivity contribution >= 4 is 11.8 Å². The van der Waals surface area contributed by atoms with Crippen LogP contribution in [0, 0.1) is 5.92 Å². The first kappa shape index (κ1) is 19.0. The number of amides is 2. The Morgan fingerprint density at radius 3 is 2.37 bits per heavy atom. The summed E-state index contributed by atoms with van der Waals surface area (Å²) in [5.74, 6) is 0.211. The average molecular weight is 366 g/mol. The molecule has 0 unspecified atom stereocenters. The van der Waals surface area contributed by atoms with Gasteiger partial charge in [-0.05, 0) is 30.0 Å². The van der Waals surface area contributed by atoms with Gasteiger partial charge in [0.25, 0.3) is 5.91 Å². The van der Waals surface area contributed by atoms with E-state index in [4.69, 9.17) is 4.74 Å². The van der Waals surface area contributed by atoms with Crippen molar-refractivity contribution in [2.45, 2.75) is 38.5 Å². The van der Waals surface area contributed by atoms with Gasteiger partial charge < -0.3 is 4.74 Å². The molecule has 1 aliphatic rings. The molecule has 0 saturated heterocycles. The predicted octanol–water partition coefficient (Wildman–Crippen LogP) is 3.38. The van der Waals surface area contributed by atoms with Gasteiger partial charge in [0.15, 0.2) is 6.61 Å². The average Bonchev–Trinajstić information content (AvgIpc) is 2.73. The van der Waals surface area contributed by atoms with E-state index in [1.54, 1.807) is 0 Å². The zero-order chi connectivity index (χ0) is 18.9. The summed E-state index contributed by atoms with van der Waals surface area (Å²) in [5.41, 5.74) is 7.17. The highest BCUT2D eigenvalue weighted by molar-refractivity contribution is 5.84. The molecule has 3 rings (SSSR count). The molecule has 0 bridgehead atoms. The highest BCUT2D eigenvalue weighted by Crippen LogP contribution is 2.23. The maximum absolute atomic E-state index is 12.1. The molecular weight excluding hydrogens is 340 g/mol. The van der Waals surface area contributed by atoms with Gasteiger partial charge in [-0.15, -0.1) is 0 Å². The van der Waals surface area contributed by atoms with Gasteiger partial charge in [0.2, 0.25) is 5.91 Å². The number of nitrogens with one attached hydrogen (secondary N) is 2. The van der Waals surface area contributed by atoms with Crippen LogP contribution in [0.15, 0.2) is 54.6 Å². The molecule has 0 heterocycles. The summed E-state index contributed by atoms with van der Waals surface area (Å²) >= 11 is 0. The van der Waals surface area contributed by atoms with Gasteiger partial charge in [-0.1, -0.05) is 67.8 Å². The SMILES string of the molecule is O=C(COc1ccccc1Cc1ccccc1)NNC(=O)C1CCCCC1. The van der Waals surface area contributed by atoms with Crippen LogP contribution in [0.5, 0.6) is 5.75 Å². The van der Waals surface area contributed by atoms with Crippen LogP contribution in [0.3, 0.4) is 0 Å². The van der Waals surface area contributed by atoms with Gasteiger partial charge in [0, 0.05) is 12.3 Å². The van der Waals surface area contributed by atoms with Gasteiger partial charge >= 0.3 is 0 Å². The minimum absolute atomic E-state index is 0.00608. The number of carbonyl (C=O) groups is 2.